The Morgan fingerprint density at radius 1 is 1.62 bits per heavy atom. The summed E-state index contributed by atoms with van der Waals surface area (Å²) < 4.78 is 25.4. The summed E-state index contributed by atoms with van der Waals surface area (Å²) in [6.07, 6.45) is -1.17. The molecule has 0 aliphatic rings. The lowest BCUT2D eigenvalue weighted by Crippen LogP contribution is -2.06. The van der Waals surface area contributed by atoms with Crippen LogP contribution in [-0.2, 0) is 6.54 Å². The summed E-state index contributed by atoms with van der Waals surface area (Å²) >= 11 is 3.21. The molecule has 0 spiro atoms. The van der Waals surface area contributed by atoms with Crippen molar-refractivity contribution in [2.24, 2.45) is 5.73 Å². The maximum atomic E-state index is 12.4. The lowest BCUT2D eigenvalue weighted by atomic mass is 10.1. The Bertz CT molecular complexity index is 315. The van der Waals surface area contributed by atoms with Gasteiger partial charge in [-0.1, -0.05) is 15.9 Å². The van der Waals surface area contributed by atoms with Crippen molar-refractivity contribution in [2.75, 3.05) is 0 Å². The molecule has 0 bridgehead atoms. The molecule has 2 nitrogen and oxygen atoms in total. The van der Waals surface area contributed by atoms with Crippen LogP contribution in [0.25, 0.3) is 0 Å². The molecule has 0 saturated heterocycles. The van der Waals surface area contributed by atoms with Gasteiger partial charge in [-0.2, -0.15) is 0 Å². The van der Waals surface area contributed by atoms with Crippen LogP contribution in [0.5, 0.6) is 0 Å². The van der Waals surface area contributed by atoms with Crippen LogP contribution in [0.4, 0.5) is 8.78 Å². The molecule has 0 aromatic carbocycles. The molecule has 0 aliphatic heterocycles. The molecule has 5 heteroatoms. The van der Waals surface area contributed by atoms with Crippen LogP contribution in [0.1, 0.15) is 23.2 Å². The van der Waals surface area contributed by atoms with E-state index < -0.39 is 6.43 Å². The summed E-state index contributed by atoms with van der Waals surface area (Å²) in [5.74, 6) is 0. The van der Waals surface area contributed by atoms with Crippen LogP contribution in [-0.4, -0.2) is 4.98 Å². The first kappa shape index (κ1) is 10.5. The molecular weight excluding hydrogens is 242 g/mol. The highest BCUT2D eigenvalue weighted by Gasteiger charge is 2.17. The van der Waals surface area contributed by atoms with E-state index in [0.29, 0.717) is 10.0 Å². The molecule has 0 atom stereocenters. The normalized spacial score (nSPS) is 10.9. The second-order valence-electron chi connectivity index (χ2n) is 2.62. The van der Waals surface area contributed by atoms with E-state index in [4.69, 9.17) is 5.73 Å². The van der Waals surface area contributed by atoms with Crippen molar-refractivity contribution in [3.8, 4) is 0 Å². The number of nitrogens with zero attached hydrogens (tertiary/aromatic N) is 1. The van der Waals surface area contributed by atoms with Crippen molar-refractivity contribution in [3.05, 3.63) is 27.5 Å². The van der Waals surface area contributed by atoms with Gasteiger partial charge in [0.1, 0.15) is 5.69 Å². The Hall–Kier alpha value is -0.550. The van der Waals surface area contributed by atoms with E-state index in [2.05, 4.69) is 20.9 Å². The number of rotatable bonds is 2. The van der Waals surface area contributed by atoms with Crippen LogP contribution in [0.2, 0.25) is 0 Å². The van der Waals surface area contributed by atoms with Crippen LogP contribution in [0, 0.1) is 6.92 Å². The largest absolute Gasteiger partial charge is 0.326 e. The van der Waals surface area contributed by atoms with Gasteiger partial charge in [-0.05, 0) is 12.5 Å². The third-order valence-electron chi connectivity index (χ3n) is 1.73. The molecule has 1 aromatic heterocycles. The van der Waals surface area contributed by atoms with E-state index in [1.165, 1.54) is 6.20 Å². The Kier molecular flexibility index (Phi) is 3.33. The third kappa shape index (κ3) is 2.03. The number of aryl methyl sites for hydroxylation is 1. The Labute approximate surface area is 83.3 Å². The van der Waals surface area contributed by atoms with E-state index in [9.17, 15) is 8.78 Å². The predicted molar refractivity (Wildman–Crippen MR) is 49.5 cm³/mol. The van der Waals surface area contributed by atoms with Gasteiger partial charge in [0.15, 0.2) is 0 Å². The molecule has 1 rings (SSSR count). The molecule has 0 saturated carbocycles. The van der Waals surface area contributed by atoms with Gasteiger partial charge in [0.25, 0.3) is 6.43 Å². The molecule has 0 aliphatic carbocycles. The molecule has 0 amide bonds. The first-order valence-corrected chi connectivity index (χ1v) is 4.49. The maximum absolute atomic E-state index is 12.4. The Morgan fingerprint density at radius 2 is 2.23 bits per heavy atom. The molecule has 0 radical (unpaired) electrons. The number of hydrogen-bond donors (Lipinski definition) is 1. The van der Waals surface area contributed by atoms with Gasteiger partial charge in [-0.3, -0.25) is 4.98 Å². The molecule has 1 aromatic rings. The zero-order valence-electron chi connectivity index (χ0n) is 7.02. The SMILES string of the molecule is Cc1cnc(C(F)F)c(CN)c1Br. The molecule has 1 heterocycles. The fourth-order valence-corrected chi connectivity index (χ4v) is 1.50. The predicted octanol–water partition coefficient (Wildman–Crippen LogP) is 2.55. The van der Waals surface area contributed by atoms with Crippen molar-refractivity contribution < 1.29 is 8.78 Å². The monoisotopic (exact) mass is 250 g/mol. The van der Waals surface area contributed by atoms with Crippen molar-refractivity contribution in [1.82, 2.24) is 4.98 Å². The number of halogens is 3. The standard InChI is InChI=1S/C8H9BrF2N2/c1-4-3-13-7(8(10)11)5(2-12)6(4)9/h3,8H,2,12H2,1H3. The second kappa shape index (κ2) is 4.11. The summed E-state index contributed by atoms with van der Waals surface area (Å²) in [7, 11) is 0. The zero-order valence-corrected chi connectivity index (χ0v) is 8.61. The van der Waals surface area contributed by atoms with Crippen LogP contribution in [0.15, 0.2) is 10.7 Å². The Morgan fingerprint density at radius 3 is 2.69 bits per heavy atom. The van der Waals surface area contributed by atoms with Crippen LogP contribution < -0.4 is 5.73 Å². The first-order chi connectivity index (χ1) is 6.07. The number of aromatic nitrogens is 1. The number of hydrogen-bond acceptors (Lipinski definition) is 2. The summed E-state index contributed by atoms with van der Waals surface area (Å²) in [5, 5.41) is 0. The van der Waals surface area contributed by atoms with E-state index in [1.807, 2.05) is 0 Å². The summed E-state index contributed by atoms with van der Waals surface area (Å²) in [6.45, 7) is 1.85. The van der Waals surface area contributed by atoms with E-state index in [-0.39, 0.29) is 12.2 Å². The molecule has 0 unspecified atom stereocenters. The zero-order chi connectivity index (χ0) is 10.0. The highest BCUT2D eigenvalue weighted by atomic mass is 79.9. The van der Waals surface area contributed by atoms with E-state index in [0.717, 1.165) is 5.56 Å². The van der Waals surface area contributed by atoms with Crippen molar-refractivity contribution in [3.63, 3.8) is 0 Å². The average molecular weight is 251 g/mol. The number of alkyl halides is 2. The molecule has 13 heavy (non-hydrogen) atoms. The summed E-state index contributed by atoms with van der Waals surface area (Å²) in [4.78, 5) is 3.65. The van der Waals surface area contributed by atoms with Gasteiger partial charge in [0.2, 0.25) is 0 Å². The van der Waals surface area contributed by atoms with Crippen molar-refractivity contribution in [2.45, 2.75) is 19.9 Å². The smallest absolute Gasteiger partial charge is 0.280 e. The summed E-state index contributed by atoms with van der Waals surface area (Å²) in [6, 6.07) is 0. The summed E-state index contributed by atoms with van der Waals surface area (Å²) in [5.41, 5.74) is 6.31. The lowest BCUT2D eigenvalue weighted by molar-refractivity contribution is 0.144. The van der Waals surface area contributed by atoms with Gasteiger partial charge < -0.3 is 5.73 Å². The van der Waals surface area contributed by atoms with Crippen molar-refractivity contribution >= 4 is 15.9 Å². The van der Waals surface area contributed by atoms with Gasteiger partial charge in [-0.15, -0.1) is 0 Å². The second-order valence-corrected chi connectivity index (χ2v) is 3.42. The van der Waals surface area contributed by atoms with E-state index >= 15 is 0 Å². The maximum Gasteiger partial charge on any atom is 0.280 e. The van der Waals surface area contributed by atoms with Gasteiger partial charge in [-0.25, -0.2) is 8.78 Å². The van der Waals surface area contributed by atoms with Crippen LogP contribution >= 0.6 is 15.9 Å². The molecule has 2 N–H and O–H groups in total. The molecule has 0 fully saturated rings. The van der Waals surface area contributed by atoms with E-state index in [1.54, 1.807) is 6.92 Å². The van der Waals surface area contributed by atoms with Gasteiger partial charge >= 0.3 is 0 Å². The quantitative estimate of drug-likeness (QED) is 0.877. The third-order valence-corrected chi connectivity index (χ3v) is 2.83. The minimum absolute atomic E-state index is 0.0644. The van der Waals surface area contributed by atoms with Gasteiger partial charge in [0.05, 0.1) is 0 Å². The van der Waals surface area contributed by atoms with Crippen molar-refractivity contribution in [1.29, 1.82) is 0 Å². The Balaban J connectivity index is 3.30. The highest BCUT2D eigenvalue weighted by Crippen LogP contribution is 2.28. The molecule has 72 valence electrons. The number of nitrogens with two attached hydrogens (primary N) is 1. The minimum Gasteiger partial charge on any atom is -0.326 e. The van der Waals surface area contributed by atoms with Crippen LogP contribution in [0.3, 0.4) is 0 Å². The minimum atomic E-state index is -2.57. The lowest BCUT2D eigenvalue weighted by Gasteiger charge is -2.09. The molecular formula is C8H9BrF2N2. The highest BCUT2D eigenvalue weighted by molar-refractivity contribution is 9.10. The van der Waals surface area contributed by atoms with Gasteiger partial charge in [0, 0.05) is 22.8 Å². The number of pyridine rings is 1. The first-order valence-electron chi connectivity index (χ1n) is 3.70. The topological polar surface area (TPSA) is 38.9 Å². The fraction of sp³-hybridized carbons (Fsp3) is 0.375. The average Bonchev–Trinajstić information content (AvgIpc) is 2.09. The fourth-order valence-electron chi connectivity index (χ4n) is 1.03.